The van der Waals surface area contributed by atoms with Crippen molar-refractivity contribution >= 4 is 6.09 Å². The van der Waals surface area contributed by atoms with E-state index in [9.17, 15) is 18.0 Å². The van der Waals surface area contributed by atoms with E-state index >= 15 is 0 Å². The van der Waals surface area contributed by atoms with Gasteiger partial charge in [0.25, 0.3) is 0 Å². The molecule has 1 aromatic rings. The summed E-state index contributed by atoms with van der Waals surface area (Å²) in [7, 11) is 0. The van der Waals surface area contributed by atoms with E-state index < -0.39 is 28.8 Å². The lowest BCUT2D eigenvalue weighted by Gasteiger charge is -2.39. The highest BCUT2D eigenvalue weighted by Crippen LogP contribution is 2.37. The van der Waals surface area contributed by atoms with E-state index in [2.05, 4.69) is 5.92 Å². The Balaban J connectivity index is 2.11. The number of hydrogen-bond donors (Lipinski definition) is 0. The Morgan fingerprint density at radius 3 is 2.08 bits per heavy atom. The molecule has 0 aliphatic carbocycles. The number of alkyl halides is 3. The molecule has 0 N–H and O–H groups in total. The Morgan fingerprint density at radius 2 is 1.68 bits per heavy atom. The van der Waals surface area contributed by atoms with Crippen molar-refractivity contribution in [3.05, 3.63) is 35.4 Å². The van der Waals surface area contributed by atoms with Gasteiger partial charge < -0.3 is 9.64 Å². The van der Waals surface area contributed by atoms with Crippen LogP contribution in [0.5, 0.6) is 0 Å². The molecule has 0 aromatic heterocycles. The summed E-state index contributed by atoms with van der Waals surface area (Å²) in [5.41, 5.74) is -1.27. The van der Waals surface area contributed by atoms with Gasteiger partial charge in [0, 0.05) is 13.1 Å². The predicted molar refractivity (Wildman–Crippen MR) is 89.0 cm³/mol. The summed E-state index contributed by atoms with van der Waals surface area (Å²) >= 11 is 0. The molecule has 0 bridgehead atoms. The molecule has 1 heterocycles. The molecule has 0 saturated carbocycles. The summed E-state index contributed by atoms with van der Waals surface area (Å²) in [6.45, 7) is 6.19. The topological polar surface area (TPSA) is 29.5 Å². The number of rotatable bonds is 1. The molecule has 0 unspecified atom stereocenters. The van der Waals surface area contributed by atoms with E-state index in [1.165, 1.54) is 12.1 Å². The van der Waals surface area contributed by atoms with Crippen LogP contribution in [-0.4, -0.2) is 29.7 Å². The van der Waals surface area contributed by atoms with Gasteiger partial charge in [-0.3, -0.25) is 0 Å². The predicted octanol–water partition coefficient (Wildman–Crippen LogP) is 4.61. The highest BCUT2D eigenvalue weighted by molar-refractivity contribution is 5.68. The second kappa shape index (κ2) is 6.62. The Bertz CT molecular complexity index is 658. The van der Waals surface area contributed by atoms with E-state index in [1.54, 1.807) is 25.7 Å². The Morgan fingerprint density at radius 1 is 1.16 bits per heavy atom. The molecular weight excluding hydrogens is 331 g/mol. The van der Waals surface area contributed by atoms with Crippen LogP contribution in [0.2, 0.25) is 0 Å². The van der Waals surface area contributed by atoms with Crippen molar-refractivity contribution in [2.45, 2.75) is 50.8 Å². The van der Waals surface area contributed by atoms with Crippen LogP contribution in [0.1, 0.15) is 44.7 Å². The number of nitrogens with zero attached hydrogens (tertiary/aromatic N) is 1. The summed E-state index contributed by atoms with van der Waals surface area (Å²) in [5.74, 6) is 2.74. The Labute approximate surface area is 146 Å². The van der Waals surface area contributed by atoms with Crippen molar-refractivity contribution in [1.82, 2.24) is 4.90 Å². The Hall–Kier alpha value is -2.16. The molecule has 1 amide bonds. The molecule has 3 nitrogen and oxygen atoms in total. The van der Waals surface area contributed by atoms with Gasteiger partial charge >= 0.3 is 12.3 Å². The maximum atomic E-state index is 12.7. The first-order valence-corrected chi connectivity index (χ1v) is 8.10. The normalized spacial score (nSPS) is 17.7. The number of carbonyl (C=O) groups excluding carboxylic acids is 1. The van der Waals surface area contributed by atoms with Crippen LogP contribution in [0.3, 0.4) is 0 Å². The zero-order chi connectivity index (χ0) is 18.9. The average Bonchev–Trinajstić information content (AvgIpc) is 2.52. The van der Waals surface area contributed by atoms with Gasteiger partial charge in [0.1, 0.15) is 5.60 Å². The van der Waals surface area contributed by atoms with Crippen LogP contribution in [0.4, 0.5) is 18.0 Å². The van der Waals surface area contributed by atoms with Gasteiger partial charge in [0.05, 0.1) is 11.0 Å². The van der Waals surface area contributed by atoms with Crippen LogP contribution in [0.15, 0.2) is 24.3 Å². The molecule has 0 atom stereocenters. The van der Waals surface area contributed by atoms with Crippen LogP contribution in [0.25, 0.3) is 0 Å². The van der Waals surface area contributed by atoms with Gasteiger partial charge in [-0.2, -0.15) is 13.2 Å². The van der Waals surface area contributed by atoms with E-state index in [1.807, 2.05) is 0 Å². The number of piperidine rings is 1. The summed E-state index contributed by atoms with van der Waals surface area (Å²) in [6.07, 6.45) is 1.90. The SMILES string of the molecule is C#CC1(c2ccc(C(F)(F)F)cc2)CCN(C(=O)OC(C)(C)C)CC1. The lowest BCUT2D eigenvalue weighted by molar-refractivity contribution is -0.137. The lowest BCUT2D eigenvalue weighted by Crippen LogP contribution is -2.46. The number of ether oxygens (including phenoxy) is 1. The maximum absolute atomic E-state index is 12.7. The quantitative estimate of drug-likeness (QED) is 0.690. The van der Waals surface area contributed by atoms with Crippen molar-refractivity contribution < 1.29 is 22.7 Å². The third-order valence-electron chi connectivity index (χ3n) is 4.31. The van der Waals surface area contributed by atoms with Gasteiger partial charge in [-0.1, -0.05) is 18.1 Å². The third-order valence-corrected chi connectivity index (χ3v) is 4.31. The standard InChI is InChI=1S/C19H22F3NO2/c1-5-18(14-6-8-15(9-7-14)19(20,21)22)10-12-23(13-11-18)16(24)25-17(2,3)4/h1,6-9H,10-13H2,2-4H3. The second-order valence-corrected chi connectivity index (χ2v) is 7.27. The molecule has 1 saturated heterocycles. The highest BCUT2D eigenvalue weighted by atomic mass is 19.4. The van der Waals surface area contributed by atoms with Crippen LogP contribution < -0.4 is 0 Å². The van der Waals surface area contributed by atoms with E-state index in [0.717, 1.165) is 12.1 Å². The van der Waals surface area contributed by atoms with Crippen molar-refractivity contribution in [1.29, 1.82) is 0 Å². The number of amides is 1. The highest BCUT2D eigenvalue weighted by Gasteiger charge is 2.38. The molecule has 1 fully saturated rings. The lowest BCUT2D eigenvalue weighted by atomic mass is 9.73. The number of likely N-dealkylation sites (tertiary alicyclic amines) is 1. The number of halogens is 3. The minimum atomic E-state index is -4.37. The number of carbonyl (C=O) groups is 1. The largest absolute Gasteiger partial charge is 0.444 e. The molecule has 6 heteroatoms. The second-order valence-electron chi connectivity index (χ2n) is 7.27. The Kier molecular flexibility index (Phi) is 5.08. The van der Waals surface area contributed by atoms with Gasteiger partial charge in [0.15, 0.2) is 0 Å². The molecular formula is C19H22F3NO2. The number of hydrogen-bond acceptors (Lipinski definition) is 2. The molecule has 136 valence electrons. The summed E-state index contributed by atoms with van der Waals surface area (Å²) in [6, 6.07) is 4.97. The van der Waals surface area contributed by atoms with Gasteiger partial charge in [-0.25, -0.2) is 4.79 Å². The van der Waals surface area contributed by atoms with Crippen molar-refractivity contribution in [3.8, 4) is 12.3 Å². The van der Waals surface area contributed by atoms with E-state index in [-0.39, 0.29) is 0 Å². The van der Waals surface area contributed by atoms with Crippen molar-refractivity contribution in [2.24, 2.45) is 0 Å². The third kappa shape index (κ3) is 4.47. The summed E-state index contributed by atoms with van der Waals surface area (Å²) in [4.78, 5) is 13.7. The minimum absolute atomic E-state index is 0.398. The fourth-order valence-corrected chi connectivity index (χ4v) is 2.89. The molecule has 0 radical (unpaired) electrons. The van der Waals surface area contributed by atoms with Gasteiger partial charge in [-0.05, 0) is 51.3 Å². The number of terminal acetylenes is 1. The maximum Gasteiger partial charge on any atom is 0.416 e. The first kappa shape index (κ1) is 19.2. The van der Waals surface area contributed by atoms with Gasteiger partial charge in [-0.15, -0.1) is 6.42 Å². The smallest absolute Gasteiger partial charge is 0.416 e. The molecule has 1 aliphatic rings. The minimum Gasteiger partial charge on any atom is -0.444 e. The first-order valence-electron chi connectivity index (χ1n) is 8.10. The van der Waals surface area contributed by atoms with E-state index in [0.29, 0.717) is 31.5 Å². The van der Waals surface area contributed by atoms with Crippen LogP contribution in [0, 0.1) is 12.3 Å². The summed E-state index contributed by atoms with van der Waals surface area (Å²) < 4.78 is 43.5. The summed E-state index contributed by atoms with van der Waals surface area (Å²) in [5, 5.41) is 0. The molecule has 0 spiro atoms. The van der Waals surface area contributed by atoms with Crippen LogP contribution >= 0.6 is 0 Å². The molecule has 1 aliphatic heterocycles. The molecule has 2 rings (SSSR count). The zero-order valence-corrected chi connectivity index (χ0v) is 14.6. The van der Waals surface area contributed by atoms with Gasteiger partial charge in [0.2, 0.25) is 0 Å². The fraction of sp³-hybridized carbons (Fsp3) is 0.526. The monoisotopic (exact) mass is 353 g/mol. The zero-order valence-electron chi connectivity index (χ0n) is 14.6. The van der Waals surface area contributed by atoms with Crippen LogP contribution in [-0.2, 0) is 16.3 Å². The van der Waals surface area contributed by atoms with E-state index in [4.69, 9.17) is 11.2 Å². The number of benzene rings is 1. The van der Waals surface area contributed by atoms with Crippen molar-refractivity contribution in [2.75, 3.05) is 13.1 Å². The molecule has 25 heavy (non-hydrogen) atoms. The molecule has 1 aromatic carbocycles. The average molecular weight is 353 g/mol. The fourth-order valence-electron chi connectivity index (χ4n) is 2.89. The van der Waals surface area contributed by atoms with Crippen molar-refractivity contribution in [3.63, 3.8) is 0 Å². The first-order chi connectivity index (χ1) is 11.5.